The molecule has 0 radical (unpaired) electrons. The number of hydrogen-bond donors (Lipinski definition) is 0. The molecule has 0 fully saturated rings. The highest BCUT2D eigenvalue weighted by Gasteiger charge is 2.20. The Balaban J connectivity index is 1.87. The van der Waals surface area contributed by atoms with Crippen molar-refractivity contribution in [1.82, 2.24) is 9.47 Å². The lowest BCUT2D eigenvalue weighted by molar-refractivity contribution is 0.157. The summed E-state index contributed by atoms with van der Waals surface area (Å²) in [4.78, 5) is 14.3. The maximum Gasteiger partial charge on any atom is 0.415 e. The number of fused-ring (bicyclic) bond motifs is 1. The van der Waals surface area contributed by atoms with Crippen molar-refractivity contribution in [3.63, 3.8) is 0 Å². The van der Waals surface area contributed by atoms with E-state index in [1.54, 1.807) is 27.8 Å². The predicted octanol–water partition coefficient (Wildman–Crippen LogP) is 7.23. The van der Waals surface area contributed by atoms with E-state index in [1.165, 1.54) is 0 Å². The molecular weight excluding hydrogens is 453 g/mol. The number of aryl methyl sites for hydroxylation is 2. The molecule has 1 heterocycles. The van der Waals surface area contributed by atoms with Crippen molar-refractivity contribution < 1.29 is 22.7 Å². The van der Waals surface area contributed by atoms with Gasteiger partial charge in [0.05, 0.1) is 6.54 Å². The van der Waals surface area contributed by atoms with Gasteiger partial charge < -0.3 is 14.2 Å². The van der Waals surface area contributed by atoms with Crippen molar-refractivity contribution in [2.24, 2.45) is 0 Å². The van der Waals surface area contributed by atoms with Crippen LogP contribution in [0.5, 0.6) is 5.75 Å². The summed E-state index contributed by atoms with van der Waals surface area (Å²) in [5.74, 6) is -2.44. The van der Waals surface area contributed by atoms with E-state index in [2.05, 4.69) is 6.07 Å². The summed E-state index contributed by atoms with van der Waals surface area (Å²) >= 11 is 0. The third-order valence-electron chi connectivity index (χ3n) is 6.08. The number of nitrogens with zero attached hydrogens (tertiary/aromatic N) is 2. The zero-order valence-electron chi connectivity index (χ0n) is 20.2. The topological polar surface area (TPSA) is 34.5 Å². The molecule has 0 N–H and O–H groups in total. The molecule has 1 aromatic heterocycles. The molecule has 0 spiro atoms. The summed E-state index contributed by atoms with van der Waals surface area (Å²) in [5.41, 5.74) is 4.15. The van der Waals surface area contributed by atoms with Crippen molar-refractivity contribution >= 4 is 17.0 Å². The van der Waals surface area contributed by atoms with Crippen LogP contribution < -0.4 is 4.74 Å². The molecule has 4 nitrogen and oxygen atoms in total. The van der Waals surface area contributed by atoms with Crippen molar-refractivity contribution in [3.8, 4) is 16.9 Å². The van der Waals surface area contributed by atoms with Crippen LogP contribution >= 0.6 is 0 Å². The summed E-state index contributed by atoms with van der Waals surface area (Å²) < 4.78 is 49.6. The van der Waals surface area contributed by atoms with Gasteiger partial charge in [-0.15, -0.1) is 0 Å². The van der Waals surface area contributed by atoms with Crippen LogP contribution in [0.3, 0.4) is 0 Å². The number of benzene rings is 3. The van der Waals surface area contributed by atoms with E-state index in [1.807, 2.05) is 45.9 Å². The standard InChI is InChI=1S/C28H27F3N2O2/c1-5-32(6-2)28(34)35-26-8-7-25-21(27(26)19-12-17(3)11-18(4)13-19)9-10-33(25)16-22-23(30)14-20(29)15-24(22)31/h7-15H,5-6,16H2,1-4H3. The Morgan fingerprint density at radius 2 is 1.54 bits per heavy atom. The molecule has 35 heavy (non-hydrogen) atoms. The Morgan fingerprint density at radius 1 is 0.914 bits per heavy atom. The minimum atomic E-state index is -0.960. The van der Waals surface area contributed by atoms with Crippen LogP contribution in [-0.2, 0) is 6.54 Å². The Morgan fingerprint density at radius 3 is 2.14 bits per heavy atom. The molecule has 182 valence electrons. The second-order valence-corrected chi connectivity index (χ2v) is 8.58. The second kappa shape index (κ2) is 9.86. The fourth-order valence-electron chi connectivity index (χ4n) is 4.43. The second-order valence-electron chi connectivity index (χ2n) is 8.58. The van der Waals surface area contributed by atoms with Gasteiger partial charge in [-0.1, -0.05) is 29.3 Å². The molecule has 0 saturated carbocycles. The molecule has 4 rings (SSSR count). The van der Waals surface area contributed by atoms with E-state index >= 15 is 0 Å². The van der Waals surface area contributed by atoms with E-state index in [-0.39, 0.29) is 12.1 Å². The largest absolute Gasteiger partial charge is 0.415 e. The number of aromatic nitrogens is 1. The van der Waals surface area contributed by atoms with Gasteiger partial charge in [0.2, 0.25) is 0 Å². The summed E-state index contributed by atoms with van der Waals surface area (Å²) in [6.07, 6.45) is 1.27. The average molecular weight is 481 g/mol. The summed E-state index contributed by atoms with van der Waals surface area (Å²) in [5, 5.41) is 0.766. The van der Waals surface area contributed by atoms with Crippen LogP contribution in [-0.4, -0.2) is 28.6 Å². The summed E-state index contributed by atoms with van der Waals surface area (Å²) in [6.45, 7) is 8.65. The number of amides is 1. The van der Waals surface area contributed by atoms with E-state index in [0.717, 1.165) is 22.1 Å². The van der Waals surface area contributed by atoms with Gasteiger partial charge in [-0.25, -0.2) is 18.0 Å². The number of carbonyl (C=O) groups is 1. The molecule has 0 aliphatic carbocycles. The first-order chi connectivity index (χ1) is 16.7. The molecule has 0 bridgehead atoms. The molecule has 0 atom stereocenters. The average Bonchev–Trinajstić information content (AvgIpc) is 3.19. The highest BCUT2D eigenvalue weighted by Crippen LogP contribution is 2.39. The number of ether oxygens (including phenoxy) is 1. The van der Waals surface area contributed by atoms with Crippen molar-refractivity contribution in [2.45, 2.75) is 34.2 Å². The maximum absolute atomic E-state index is 14.3. The lowest BCUT2D eigenvalue weighted by Gasteiger charge is -2.20. The molecule has 0 saturated heterocycles. The Bertz CT molecular complexity index is 1360. The maximum atomic E-state index is 14.3. The molecule has 0 aliphatic heterocycles. The van der Waals surface area contributed by atoms with E-state index in [4.69, 9.17) is 4.74 Å². The number of halogens is 3. The van der Waals surface area contributed by atoms with Crippen LogP contribution in [0.15, 0.2) is 54.7 Å². The Kier molecular flexibility index (Phi) is 6.87. The fourth-order valence-corrected chi connectivity index (χ4v) is 4.43. The molecule has 3 aromatic carbocycles. The first-order valence-corrected chi connectivity index (χ1v) is 11.5. The van der Waals surface area contributed by atoms with Gasteiger partial charge in [0.15, 0.2) is 0 Å². The van der Waals surface area contributed by atoms with Gasteiger partial charge in [0.1, 0.15) is 23.2 Å². The minimum absolute atomic E-state index is 0.119. The monoisotopic (exact) mass is 480 g/mol. The lowest BCUT2D eigenvalue weighted by Crippen LogP contribution is -2.33. The van der Waals surface area contributed by atoms with E-state index < -0.39 is 23.5 Å². The number of hydrogen-bond acceptors (Lipinski definition) is 2. The van der Waals surface area contributed by atoms with Gasteiger partial charge in [-0.2, -0.15) is 0 Å². The predicted molar refractivity (Wildman–Crippen MR) is 131 cm³/mol. The van der Waals surface area contributed by atoms with Crippen LogP contribution in [0.25, 0.3) is 22.0 Å². The molecule has 0 aliphatic rings. The number of rotatable bonds is 6. The Labute approximate surface area is 202 Å². The zero-order chi connectivity index (χ0) is 25.3. The van der Waals surface area contributed by atoms with Crippen LogP contribution in [0.2, 0.25) is 0 Å². The molecular formula is C28H27F3N2O2. The first-order valence-electron chi connectivity index (χ1n) is 11.5. The quantitative estimate of drug-likeness (QED) is 0.292. The highest BCUT2D eigenvalue weighted by molar-refractivity contribution is 6.00. The third-order valence-corrected chi connectivity index (χ3v) is 6.08. The molecule has 7 heteroatoms. The van der Waals surface area contributed by atoms with Crippen LogP contribution in [0, 0.1) is 31.3 Å². The molecule has 0 unspecified atom stereocenters. The summed E-state index contributed by atoms with van der Waals surface area (Å²) in [6, 6.07) is 12.7. The molecule has 1 amide bonds. The first kappa shape index (κ1) is 24.4. The minimum Gasteiger partial charge on any atom is -0.410 e. The van der Waals surface area contributed by atoms with E-state index in [9.17, 15) is 18.0 Å². The van der Waals surface area contributed by atoms with Gasteiger partial charge in [-0.05, 0) is 51.5 Å². The lowest BCUT2D eigenvalue weighted by atomic mass is 9.97. The van der Waals surface area contributed by atoms with Crippen molar-refractivity contribution in [1.29, 1.82) is 0 Å². The smallest absolute Gasteiger partial charge is 0.410 e. The highest BCUT2D eigenvalue weighted by atomic mass is 19.1. The van der Waals surface area contributed by atoms with Crippen LogP contribution in [0.4, 0.5) is 18.0 Å². The SMILES string of the molecule is CCN(CC)C(=O)Oc1ccc2c(ccn2Cc2c(F)cc(F)cc2F)c1-c1cc(C)cc(C)c1. The van der Waals surface area contributed by atoms with Crippen molar-refractivity contribution in [2.75, 3.05) is 13.1 Å². The van der Waals surface area contributed by atoms with Crippen molar-refractivity contribution in [3.05, 3.63) is 88.9 Å². The fraction of sp³-hybridized carbons (Fsp3) is 0.250. The normalized spacial score (nSPS) is 11.2. The third kappa shape index (κ3) is 4.90. The van der Waals surface area contributed by atoms with Gasteiger partial charge in [0.25, 0.3) is 0 Å². The van der Waals surface area contributed by atoms with Crippen LogP contribution in [0.1, 0.15) is 30.5 Å². The van der Waals surface area contributed by atoms with Gasteiger partial charge >= 0.3 is 6.09 Å². The molecule has 4 aromatic rings. The van der Waals surface area contributed by atoms with Gasteiger partial charge in [0, 0.05) is 53.4 Å². The number of carbonyl (C=O) groups excluding carboxylic acids is 1. The zero-order valence-corrected chi connectivity index (χ0v) is 20.2. The van der Waals surface area contributed by atoms with Gasteiger partial charge in [-0.3, -0.25) is 0 Å². The Hall–Kier alpha value is -3.74. The van der Waals surface area contributed by atoms with E-state index in [0.29, 0.717) is 42.1 Å². The summed E-state index contributed by atoms with van der Waals surface area (Å²) in [7, 11) is 0.